The van der Waals surface area contributed by atoms with Crippen LogP contribution in [0.25, 0.3) is 11.1 Å². The Morgan fingerprint density at radius 2 is 1.91 bits per heavy atom. The first-order valence-corrected chi connectivity index (χ1v) is 11.5. The van der Waals surface area contributed by atoms with Crippen LogP contribution in [0.2, 0.25) is 0 Å². The molecule has 0 aromatic heterocycles. The molecular formula is C26H33NO5. The third-order valence-electron chi connectivity index (χ3n) is 6.82. The summed E-state index contributed by atoms with van der Waals surface area (Å²) in [5.74, 6) is 0.0108. The van der Waals surface area contributed by atoms with Crippen molar-refractivity contribution in [1.82, 2.24) is 0 Å². The summed E-state index contributed by atoms with van der Waals surface area (Å²) in [7, 11) is 1.68. The number of carboxylic acid groups (broad SMARTS) is 1. The van der Waals surface area contributed by atoms with Gasteiger partial charge in [0.2, 0.25) is 0 Å². The summed E-state index contributed by atoms with van der Waals surface area (Å²) in [6.45, 7) is 3.44. The van der Waals surface area contributed by atoms with Crippen LogP contribution in [0, 0.1) is 6.92 Å². The number of aliphatic carboxylic acids is 1. The van der Waals surface area contributed by atoms with Gasteiger partial charge in [-0.3, -0.25) is 0 Å². The molecule has 0 radical (unpaired) electrons. The monoisotopic (exact) mass is 439 g/mol. The van der Waals surface area contributed by atoms with Crippen molar-refractivity contribution >= 4 is 11.7 Å². The molecule has 0 unspecified atom stereocenters. The maximum Gasteiger partial charge on any atom is 0.329 e. The highest BCUT2D eigenvalue weighted by atomic mass is 16.5. The topological polar surface area (TPSA) is 77.0 Å². The Morgan fingerprint density at radius 3 is 2.59 bits per heavy atom. The Bertz CT molecular complexity index is 945. The van der Waals surface area contributed by atoms with Crippen molar-refractivity contribution < 1.29 is 24.1 Å². The molecule has 1 saturated carbocycles. The minimum atomic E-state index is -1.00. The highest BCUT2D eigenvalue weighted by Gasteiger charge is 2.40. The predicted octanol–water partition coefficient (Wildman–Crippen LogP) is 5.18. The summed E-state index contributed by atoms with van der Waals surface area (Å²) < 4.78 is 17.2. The van der Waals surface area contributed by atoms with E-state index in [1.54, 1.807) is 7.11 Å². The average molecular weight is 440 g/mol. The third-order valence-corrected chi connectivity index (χ3v) is 6.82. The smallest absolute Gasteiger partial charge is 0.329 e. The second kappa shape index (κ2) is 9.92. The second-order valence-corrected chi connectivity index (χ2v) is 8.85. The number of rotatable bonds is 8. The van der Waals surface area contributed by atoms with E-state index in [4.69, 9.17) is 14.2 Å². The van der Waals surface area contributed by atoms with Gasteiger partial charge in [-0.15, -0.1) is 0 Å². The summed E-state index contributed by atoms with van der Waals surface area (Å²) in [6.07, 6.45) is 5.82. The van der Waals surface area contributed by atoms with E-state index in [1.807, 2.05) is 24.3 Å². The van der Waals surface area contributed by atoms with Crippen molar-refractivity contribution in [2.45, 2.75) is 63.7 Å². The first-order chi connectivity index (χ1) is 15.5. The van der Waals surface area contributed by atoms with E-state index in [2.05, 4.69) is 24.4 Å². The molecule has 2 aromatic carbocycles. The second-order valence-electron chi connectivity index (χ2n) is 8.85. The maximum absolute atomic E-state index is 12.1. The van der Waals surface area contributed by atoms with Gasteiger partial charge in [0.25, 0.3) is 0 Å². The Labute approximate surface area is 189 Å². The van der Waals surface area contributed by atoms with Gasteiger partial charge in [0.1, 0.15) is 11.3 Å². The molecule has 0 amide bonds. The van der Waals surface area contributed by atoms with Gasteiger partial charge in [0.05, 0.1) is 19.8 Å². The van der Waals surface area contributed by atoms with Crippen molar-refractivity contribution in [2.75, 3.05) is 25.6 Å². The zero-order chi connectivity index (χ0) is 22.6. The third kappa shape index (κ3) is 4.76. The van der Waals surface area contributed by atoms with E-state index in [0.717, 1.165) is 46.5 Å². The summed E-state index contributed by atoms with van der Waals surface area (Å²) in [5, 5.41) is 13.3. The van der Waals surface area contributed by atoms with Gasteiger partial charge < -0.3 is 24.6 Å². The van der Waals surface area contributed by atoms with Gasteiger partial charge in [-0.25, -0.2) is 4.79 Å². The van der Waals surface area contributed by atoms with Crippen LogP contribution >= 0.6 is 0 Å². The fraction of sp³-hybridized carbons (Fsp3) is 0.500. The van der Waals surface area contributed by atoms with Crippen molar-refractivity contribution in [1.29, 1.82) is 0 Å². The highest BCUT2D eigenvalue weighted by Crippen LogP contribution is 2.36. The lowest BCUT2D eigenvalue weighted by Gasteiger charge is -2.35. The van der Waals surface area contributed by atoms with Gasteiger partial charge in [0.15, 0.2) is 0 Å². The molecule has 1 aliphatic carbocycles. The van der Waals surface area contributed by atoms with Gasteiger partial charge in [-0.05, 0) is 60.2 Å². The molecule has 2 aliphatic rings. The minimum Gasteiger partial charge on any atom is -0.496 e. The van der Waals surface area contributed by atoms with Crippen LogP contribution in [0.15, 0.2) is 36.4 Å². The largest absolute Gasteiger partial charge is 0.496 e. The van der Waals surface area contributed by atoms with Crippen LogP contribution in [0.1, 0.15) is 49.7 Å². The van der Waals surface area contributed by atoms with Crippen molar-refractivity contribution in [3.05, 3.63) is 47.5 Å². The van der Waals surface area contributed by atoms with E-state index in [1.165, 1.54) is 12.8 Å². The fourth-order valence-corrected chi connectivity index (χ4v) is 4.83. The molecule has 2 fully saturated rings. The summed E-state index contributed by atoms with van der Waals surface area (Å²) in [6, 6.07) is 12.1. The number of methoxy groups -OCH3 is 1. The molecule has 4 rings (SSSR count). The Morgan fingerprint density at radius 1 is 1.16 bits per heavy atom. The van der Waals surface area contributed by atoms with E-state index >= 15 is 0 Å². The lowest BCUT2D eigenvalue weighted by molar-refractivity contribution is -0.145. The number of hydrogen-bond acceptors (Lipinski definition) is 5. The van der Waals surface area contributed by atoms with Gasteiger partial charge in [0, 0.05) is 31.7 Å². The van der Waals surface area contributed by atoms with Crippen molar-refractivity contribution in [3.8, 4) is 16.9 Å². The van der Waals surface area contributed by atoms with Crippen LogP contribution in [0.5, 0.6) is 5.75 Å². The van der Waals surface area contributed by atoms with Crippen molar-refractivity contribution in [3.63, 3.8) is 0 Å². The molecule has 0 spiro atoms. The quantitative estimate of drug-likeness (QED) is 0.591. The molecule has 1 saturated heterocycles. The first kappa shape index (κ1) is 22.6. The lowest BCUT2D eigenvalue weighted by atomic mass is 9.89. The number of benzene rings is 2. The molecule has 32 heavy (non-hydrogen) atoms. The number of hydrogen-bond donors (Lipinski definition) is 2. The predicted molar refractivity (Wildman–Crippen MR) is 124 cm³/mol. The molecule has 2 aromatic rings. The molecule has 6 nitrogen and oxygen atoms in total. The minimum absolute atomic E-state index is 0.298. The van der Waals surface area contributed by atoms with E-state index in [9.17, 15) is 9.90 Å². The summed E-state index contributed by atoms with van der Waals surface area (Å²) in [5.41, 5.74) is 4.09. The molecule has 0 bridgehead atoms. The Balaban J connectivity index is 1.68. The molecular weight excluding hydrogens is 406 g/mol. The standard InChI is InChI=1S/C26H33NO5/c1-18-22(8-5-9-24(18)30-2)23-11-10-20(16-19(23)17-32-21-6-3-4-7-21)27-26(25(28)29)12-14-31-15-13-26/h5,8-11,16,21,27H,3-4,6-7,12-15,17H2,1-2H3,(H,28,29). The zero-order valence-corrected chi connectivity index (χ0v) is 19.0. The number of carboxylic acids is 1. The SMILES string of the molecule is COc1cccc(-c2ccc(NC3(C(=O)O)CCOCC3)cc2COC2CCCC2)c1C. The molecule has 2 N–H and O–H groups in total. The normalized spacial score (nSPS) is 18.4. The Kier molecular flexibility index (Phi) is 7.01. The van der Waals surface area contributed by atoms with Crippen LogP contribution in [-0.4, -0.2) is 43.0 Å². The van der Waals surface area contributed by atoms with Crippen LogP contribution < -0.4 is 10.1 Å². The van der Waals surface area contributed by atoms with Crippen molar-refractivity contribution in [2.24, 2.45) is 0 Å². The highest BCUT2D eigenvalue weighted by molar-refractivity contribution is 5.83. The van der Waals surface area contributed by atoms with Crippen LogP contribution in [0.4, 0.5) is 5.69 Å². The van der Waals surface area contributed by atoms with Crippen LogP contribution in [0.3, 0.4) is 0 Å². The van der Waals surface area contributed by atoms with Gasteiger partial charge >= 0.3 is 5.97 Å². The number of nitrogens with one attached hydrogen (secondary N) is 1. The average Bonchev–Trinajstić information content (AvgIpc) is 3.32. The zero-order valence-electron chi connectivity index (χ0n) is 19.0. The summed E-state index contributed by atoms with van der Waals surface area (Å²) >= 11 is 0. The Hall–Kier alpha value is -2.57. The van der Waals surface area contributed by atoms with Gasteiger partial charge in [-0.2, -0.15) is 0 Å². The molecule has 1 heterocycles. The van der Waals surface area contributed by atoms with E-state index in [-0.39, 0.29) is 0 Å². The lowest BCUT2D eigenvalue weighted by Crippen LogP contribution is -2.50. The molecule has 172 valence electrons. The first-order valence-electron chi connectivity index (χ1n) is 11.5. The molecule has 1 aliphatic heterocycles. The number of carbonyl (C=O) groups is 1. The van der Waals surface area contributed by atoms with Gasteiger partial charge in [-0.1, -0.05) is 31.0 Å². The molecule has 6 heteroatoms. The number of anilines is 1. The maximum atomic E-state index is 12.1. The fourth-order valence-electron chi connectivity index (χ4n) is 4.83. The van der Waals surface area contributed by atoms with E-state index < -0.39 is 11.5 Å². The van der Waals surface area contributed by atoms with E-state index in [0.29, 0.717) is 38.8 Å². The van der Waals surface area contributed by atoms with Crippen LogP contribution in [-0.2, 0) is 20.9 Å². The number of ether oxygens (including phenoxy) is 3. The molecule has 0 atom stereocenters. The summed E-state index contributed by atoms with van der Waals surface area (Å²) in [4.78, 5) is 12.1.